The van der Waals surface area contributed by atoms with E-state index in [2.05, 4.69) is 10.2 Å². The van der Waals surface area contributed by atoms with Crippen LogP contribution in [0.15, 0.2) is 23.5 Å². The highest BCUT2D eigenvalue weighted by atomic mass is 19.4. The average Bonchev–Trinajstić information content (AvgIpc) is 3.15. The van der Waals surface area contributed by atoms with Gasteiger partial charge >= 0.3 is 6.18 Å². The summed E-state index contributed by atoms with van der Waals surface area (Å²) in [6.45, 7) is 1.60. The highest BCUT2D eigenvalue weighted by molar-refractivity contribution is 5.94. The summed E-state index contributed by atoms with van der Waals surface area (Å²) in [6.07, 6.45) is -3.02. The SMILES string of the molecule is CN1CCC(N(N=O)N2c3cccc(C(F)(F)F)c32)CC1. The van der Waals surface area contributed by atoms with E-state index in [-0.39, 0.29) is 11.7 Å². The van der Waals surface area contributed by atoms with Crippen LogP contribution in [0.5, 0.6) is 0 Å². The van der Waals surface area contributed by atoms with Crippen LogP contribution in [-0.4, -0.2) is 36.2 Å². The fourth-order valence-corrected chi connectivity index (χ4v) is 2.82. The molecule has 2 aliphatic rings. The van der Waals surface area contributed by atoms with E-state index >= 15 is 0 Å². The van der Waals surface area contributed by atoms with Gasteiger partial charge in [-0.15, -0.1) is 4.91 Å². The Labute approximate surface area is 119 Å². The molecule has 0 unspecified atom stereocenters. The number of halogens is 3. The van der Waals surface area contributed by atoms with Crippen molar-refractivity contribution in [2.75, 3.05) is 25.1 Å². The van der Waals surface area contributed by atoms with Crippen molar-refractivity contribution >= 4 is 11.4 Å². The first-order valence-corrected chi connectivity index (χ1v) is 6.75. The number of anilines is 2. The maximum atomic E-state index is 13.0. The topological polar surface area (TPSA) is 38.9 Å². The summed E-state index contributed by atoms with van der Waals surface area (Å²) in [4.78, 5) is 13.3. The van der Waals surface area contributed by atoms with Gasteiger partial charge in [-0.05, 0) is 45.1 Å². The van der Waals surface area contributed by atoms with Gasteiger partial charge in [0.15, 0.2) is 0 Å². The summed E-state index contributed by atoms with van der Waals surface area (Å²) >= 11 is 0. The first kappa shape index (κ1) is 14.1. The fraction of sp³-hybridized carbons (Fsp3) is 0.538. The quantitative estimate of drug-likeness (QED) is 0.488. The molecule has 0 spiro atoms. The molecular formula is C13H15F3N4O. The zero-order valence-electron chi connectivity index (χ0n) is 11.5. The lowest BCUT2D eigenvalue weighted by molar-refractivity contribution is -0.136. The van der Waals surface area contributed by atoms with Gasteiger partial charge in [-0.2, -0.15) is 18.3 Å². The first-order valence-electron chi connectivity index (χ1n) is 6.75. The Kier molecular flexibility index (Phi) is 3.27. The third kappa shape index (κ3) is 2.44. The van der Waals surface area contributed by atoms with Gasteiger partial charge in [0.25, 0.3) is 0 Å². The lowest BCUT2D eigenvalue weighted by atomic mass is 10.1. The number of nitroso groups, excluding NO2 is 1. The Morgan fingerprint density at radius 2 is 1.95 bits per heavy atom. The molecular weight excluding hydrogens is 285 g/mol. The van der Waals surface area contributed by atoms with E-state index in [0.29, 0.717) is 18.5 Å². The highest BCUT2D eigenvalue weighted by Crippen LogP contribution is 2.56. The third-order valence-electron chi connectivity index (χ3n) is 4.01. The number of nitrogens with zero attached hydrogens (tertiary/aromatic N) is 4. The molecule has 0 N–H and O–H groups in total. The normalized spacial score (nSPS) is 19.3. The molecule has 3 rings (SSSR count). The Morgan fingerprint density at radius 1 is 1.29 bits per heavy atom. The van der Waals surface area contributed by atoms with E-state index in [9.17, 15) is 18.1 Å². The molecule has 1 aromatic rings. The molecule has 0 atom stereocenters. The number of para-hydroxylation sites is 1. The van der Waals surface area contributed by atoms with Crippen molar-refractivity contribution < 1.29 is 13.2 Å². The van der Waals surface area contributed by atoms with Crippen LogP contribution < -0.4 is 5.01 Å². The summed E-state index contributed by atoms with van der Waals surface area (Å²) in [7, 11) is 1.98. The second-order valence-corrected chi connectivity index (χ2v) is 5.42. The van der Waals surface area contributed by atoms with Crippen LogP contribution in [0.2, 0.25) is 0 Å². The van der Waals surface area contributed by atoms with Crippen molar-refractivity contribution in [1.29, 1.82) is 0 Å². The van der Waals surface area contributed by atoms with E-state index < -0.39 is 11.7 Å². The van der Waals surface area contributed by atoms with Crippen LogP contribution >= 0.6 is 0 Å². The molecule has 0 amide bonds. The monoisotopic (exact) mass is 300 g/mol. The molecule has 2 heterocycles. The van der Waals surface area contributed by atoms with E-state index in [1.54, 1.807) is 6.07 Å². The van der Waals surface area contributed by atoms with Crippen molar-refractivity contribution in [3.8, 4) is 0 Å². The average molecular weight is 300 g/mol. The Hall–Kier alpha value is -1.83. The number of hydrogen-bond acceptors (Lipinski definition) is 4. The van der Waals surface area contributed by atoms with E-state index in [1.807, 2.05) is 7.05 Å². The predicted octanol–water partition coefficient (Wildman–Crippen LogP) is 3.15. The molecule has 2 aliphatic heterocycles. The predicted molar refractivity (Wildman–Crippen MR) is 71.7 cm³/mol. The summed E-state index contributed by atoms with van der Waals surface area (Å²) < 4.78 is 38.9. The second kappa shape index (κ2) is 4.87. The van der Waals surface area contributed by atoms with E-state index in [1.165, 1.54) is 11.1 Å². The largest absolute Gasteiger partial charge is 0.418 e. The number of rotatable bonds is 3. The van der Waals surface area contributed by atoms with Crippen molar-refractivity contribution in [2.45, 2.75) is 25.1 Å². The highest BCUT2D eigenvalue weighted by Gasteiger charge is 2.47. The van der Waals surface area contributed by atoms with Gasteiger partial charge in [0.2, 0.25) is 0 Å². The lowest BCUT2D eigenvalue weighted by Gasteiger charge is -2.34. The van der Waals surface area contributed by atoms with E-state index in [0.717, 1.165) is 24.3 Å². The third-order valence-corrected chi connectivity index (χ3v) is 4.01. The van der Waals surface area contributed by atoms with Crippen LogP contribution in [0.1, 0.15) is 18.4 Å². The molecule has 0 bridgehead atoms. The summed E-state index contributed by atoms with van der Waals surface area (Å²) in [5.41, 5.74) is -0.270. The van der Waals surface area contributed by atoms with Crippen LogP contribution in [0, 0.1) is 4.91 Å². The minimum absolute atomic E-state index is 0.0449. The molecule has 0 saturated carbocycles. The van der Waals surface area contributed by atoms with Crippen LogP contribution in [0.3, 0.4) is 0 Å². The van der Waals surface area contributed by atoms with Gasteiger partial charge in [-0.25, -0.2) is 5.01 Å². The van der Waals surface area contributed by atoms with Crippen molar-refractivity contribution in [1.82, 2.24) is 10.0 Å². The number of fused-ring (bicyclic) bond motifs is 1. The van der Waals surface area contributed by atoms with Gasteiger partial charge in [0.05, 0.1) is 22.6 Å². The zero-order valence-corrected chi connectivity index (χ0v) is 11.5. The smallest absolute Gasteiger partial charge is 0.306 e. The van der Waals surface area contributed by atoms with Crippen LogP contribution in [0.4, 0.5) is 24.5 Å². The van der Waals surface area contributed by atoms with Gasteiger partial charge in [-0.1, -0.05) is 6.07 Å². The Morgan fingerprint density at radius 3 is 2.52 bits per heavy atom. The number of alkyl halides is 3. The molecule has 21 heavy (non-hydrogen) atoms. The maximum absolute atomic E-state index is 13.0. The molecule has 1 fully saturated rings. The maximum Gasteiger partial charge on any atom is 0.418 e. The Balaban J connectivity index is 1.82. The van der Waals surface area contributed by atoms with Gasteiger partial charge in [0, 0.05) is 0 Å². The van der Waals surface area contributed by atoms with Crippen molar-refractivity contribution in [3.05, 3.63) is 28.7 Å². The molecule has 1 saturated heterocycles. The van der Waals surface area contributed by atoms with Gasteiger partial charge < -0.3 is 4.90 Å². The number of likely N-dealkylation sites (tertiary alicyclic amines) is 1. The lowest BCUT2D eigenvalue weighted by Crippen LogP contribution is -2.44. The zero-order chi connectivity index (χ0) is 15.2. The van der Waals surface area contributed by atoms with Crippen LogP contribution in [-0.2, 0) is 6.18 Å². The minimum Gasteiger partial charge on any atom is -0.306 e. The van der Waals surface area contributed by atoms with Gasteiger partial charge in [-0.3, -0.25) is 0 Å². The number of benzene rings is 1. The number of piperidine rings is 1. The van der Waals surface area contributed by atoms with Crippen molar-refractivity contribution in [2.24, 2.45) is 5.29 Å². The fourth-order valence-electron chi connectivity index (χ4n) is 2.82. The Bertz CT molecular complexity index is 555. The standard InChI is InChI=1S/C13H15F3N4O/c1-18-7-5-9(6-8-18)20(17-21)19-11-4-2-3-10(12(11)19)13(14,15)16/h2-4,9H,5-8H2,1H3. The minimum atomic E-state index is -4.43. The van der Waals surface area contributed by atoms with Crippen LogP contribution in [0.25, 0.3) is 0 Å². The first-order chi connectivity index (χ1) is 9.93. The molecule has 5 nitrogen and oxygen atoms in total. The molecule has 8 heteroatoms. The second-order valence-electron chi connectivity index (χ2n) is 5.42. The molecule has 1 aromatic carbocycles. The molecule has 0 aromatic heterocycles. The summed E-state index contributed by atoms with van der Waals surface area (Å²) in [5.74, 6) is 0. The molecule has 0 aliphatic carbocycles. The van der Waals surface area contributed by atoms with Crippen molar-refractivity contribution in [3.63, 3.8) is 0 Å². The molecule has 114 valence electrons. The summed E-state index contributed by atoms with van der Waals surface area (Å²) in [5, 5.41) is 5.40. The molecule has 0 radical (unpaired) electrons. The summed E-state index contributed by atoms with van der Waals surface area (Å²) in [6, 6.07) is 3.78. The van der Waals surface area contributed by atoms with E-state index in [4.69, 9.17) is 0 Å². The number of hydrogen-bond donors (Lipinski definition) is 0. The van der Waals surface area contributed by atoms with Gasteiger partial charge in [0.1, 0.15) is 5.69 Å². The number of hydrazine groups is 1.